The Balaban J connectivity index is 0.000000146. The molecule has 14 heavy (non-hydrogen) atoms. The van der Waals surface area contributed by atoms with Crippen molar-refractivity contribution in [3.63, 3.8) is 0 Å². The lowest BCUT2D eigenvalue weighted by atomic mass is 10.2. The maximum atomic E-state index is 10.7. The number of hydrogen-bond donors (Lipinski definition) is 1. The van der Waals surface area contributed by atoms with E-state index in [1.54, 1.807) is 4.90 Å². The maximum absolute atomic E-state index is 10.7. The van der Waals surface area contributed by atoms with Gasteiger partial charge in [-0.3, -0.25) is 9.59 Å². The zero-order chi connectivity index (χ0) is 10.6. The summed E-state index contributed by atoms with van der Waals surface area (Å²) in [4.78, 5) is 22.6. The molecule has 0 aromatic heterocycles. The van der Waals surface area contributed by atoms with E-state index in [0.29, 0.717) is 6.04 Å². The molecule has 2 saturated heterocycles. The molecule has 80 valence electrons. The second-order valence-corrected chi connectivity index (χ2v) is 3.85. The van der Waals surface area contributed by atoms with Crippen LogP contribution in [0.3, 0.4) is 0 Å². The Morgan fingerprint density at radius 3 is 2.21 bits per heavy atom. The van der Waals surface area contributed by atoms with Crippen LogP contribution >= 0.6 is 0 Å². The van der Waals surface area contributed by atoms with Crippen molar-refractivity contribution in [1.82, 2.24) is 10.2 Å². The summed E-state index contributed by atoms with van der Waals surface area (Å²) >= 11 is 0. The van der Waals surface area contributed by atoms with Crippen LogP contribution in [0, 0.1) is 0 Å². The van der Waals surface area contributed by atoms with Crippen LogP contribution in [-0.2, 0) is 9.59 Å². The molecule has 0 aromatic carbocycles. The first-order valence-corrected chi connectivity index (χ1v) is 5.13. The van der Waals surface area contributed by atoms with Crippen molar-refractivity contribution in [1.29, 1.82) is 0 Å². The molecule has 1 N–H and O–H groups in total. The van der Waals surface area contributed by atoms with Crippen molar-refractivity contribution in [2.45, 2.75) is 38.6 Å². The van der Waals surface area contributed by atoms with Crippen molar-refractivity contribution in [2.24, 2.45) is 0 Å². The summed E-state index contributed by atoms with van der Waals surface area (Å²) in [5, 5.41) is 2.68. The second kappa shape index (κ2) is 4.98. The molecule has 2 amide bonds. The van der Waals surface area contributed by atoms with Crippen molar-refractivity contribution in [2.75, 3.05) is 13.6 Å². The number of carbonyl (C=O) groups excluding carboxylic acids is 2. The van der Waals surface area contributed by atoms with Gasteiger partial charge in [0.05, 0.1) is 0 Å². The average molecular weight is 198 g/mol. The van der Waals surface area contributed by atoms with E-state index in [9.17, 15) is 9.59 Å². The quantitative estimate of drug-likeness (QED) is 0.617. The zero-order valence-electron chi connectivity index (χ0n) is 8.88. The highest BCUT2D eigenvalue weighted by Crippen LogP contribution is 2.14. The van der Waals surface area contributed by atoms with Crippen molar-refractivity contribution in [3.05, 3.63) is 0 Å². The molecule has 4 heteroatoms. The molecule has 2 fully saturated rings. The van der Waals surface area contributed by atoms with E-state index in [2.05, 4.69) is 12.2 Å². The monoisotopic (exact) mass is 198 g/mol. The SMILES string of the molecule is CC1CCC(=O)N1C.O=C1CCCN1. The number of hydrogen-bond acceptors (Lipinski definition) is 2. The normalized spacial score (nSPS) is 25.9. The minimum absolute atomic E-state index is 0.204. The van der Waals surface area contributed by atoms with E-state index in [0.717, 1.165) is 32.2 Å². The van der Waals surface area contributed by atoms with Gasteiger partial charge in [-0.25, -0.2) is 0 Å². The number of rotatable bonds is 0. The van der Waals surface area contributed by atoms with Gasteiger partial charge in [0.2, 0.25) is 11.8 Å². The molecule has 0 aromatic rings. The van der Waals surface area contributed by atoms with Crippen LogP contribution in [0.5, 0.6) is 0 Å². The topological polar surface area (TPSA) is 49.4 Å². The van der Waals surface area contributed by atoms with Crippen LogP contribution in [0.25, 0.3) is 0 Å². The zero-order valence-corrected chi connectivity index (χ0v) is 8.88. The third-order valence-corrected chi connectivity index (χ3v) is 2.73. The van der Waals surface area contributed by atoms with Crippen molar-refractivity contribution in [3.8, 4) is 0 Å². The van der Waals surface area contributed by atoms with Crippen LogP contribution in [0.1, 0.15) is 32.6 Å². The van der Waals surface area contributed by atoms with E-state index in [1.807, 2.05) is 7.05 Å². The smallest absolute Gasteiger partial charge is 0.222 e. The molecule has 2 aliphatic heterocycles. The second-order valence-electron chi connectivity index (χ2n) is 3.85. The highest BCUT2D eigenvalue weighted by molar-refractivity contribution is 5.78. The summed E-state index contributed by atoms with van der Waals surface area (Å²) in [5.74, 6) is 0.493. The lowest BCUT2D eigenvalue weighted by Gasteiger charge is -2.13. The van der Waals surface area contributed by atoms with E-state index in [-0.39, 0.29) is 11.8 Å². The summed E-state index contributed by atoms with van der Waals surface area (Å²) in [6.07, 6.45) is 3.55. The van der Waals surface area contributed by atoms with Gasteiger partial charge >= 0.3 is 0 Å². The predicted molar refractivity (Wildman–Crippen MR) is 53.7 cm³/mol. The van der Waals surface area contributed by atoms with E-state index < -0.39 is 0 Å². The summed E-state index contributed by atoms with van der Waals surface area (Å²) in [6.45, 7) is 2.96. The Kier molecular flexibility index (Phi) is 3.92. The number of likely N-dealkylation sites (tertiary alicyclic amines) is 1. The summed E-state index contributed by atoms with van der Waals surface area (Å²) < 4.78 is 0. The number of nitrogens with one attached hydrogen (secondary N) is 1. The van der Waals surface area contributed by atoms with Gasteiger partial charge in [-0.05, 0) is 19.8 Å². The molecule has 2 aliphatic rings. The lowest BCUT2D eigenvalue weighted by Crippen LogP contribution is -2.25. The molecule has 4 nitrogen and oxygen atoms in total. The van der Waals surface area contributed by atoms with Gasteiger partial charge in [0.25, 0.3) is 0 Å². The van der Waals surface area contributed by atoms with Gasteiger partial charge in [0.1, 0.15) is 0 Å². The molecule has 0 radical (unpaired) electrons. The third-order valence-electron chi connectivity index (χ3n) is 2.73. The van der Waals surface area contributed by atoms with Gasteiger partial charge in [-0.1, -0.05) is 0 Å². The minimum Gasteiger partial charge on any atom is -0.356 e. The Morgan fingerprint density at radius 2 is 2.07 bits per heavy atom. The molecular formula is C10H18N2O2. The first-order chi connectivity index (χ1) is 6.61. The fourth-order valence-electron chi connectivity index (χ4n) is 1.51. The Morgan fingerprint density at radius 1 is 1.36 bits per heavy atom. The van der Waals surface area contributed by atoms with Crippen LogP contribution in [-0.4, -0.2) is 36.3 Å². The standard InChI is InChI=1S/C6H11NO.C4H7NO/c1-5-3-4-6(8)7(5)2;6-4-2-1-3-5-4/h5H,3-4H2,1-2H3;1-3H2,(H,5,6). The number of carbonyl (C=O) groups is 2. The van der Waals surface area contributed by atoms with E-state index >= 15 is 0 Å². The molecule has 0 saturated carbocycles. The van der Waals surface area contributed by atoms with Gasteiger partial charge < -0.3 is 10.2 Å². The van der Waals surface area contributed by atoms with Crippen LogP contribution in [0.4, 0.5) is 0 Å². The number of amides is 2. The molecule has 0 spiro atoms. The first-order valence-electron chi connectivity index (χ1n) is 5.13. The molecule has 1 unspecified atom stereocenters. The lowest BCUT2D eigenvalue weighted by molar-refractivity contribution is -0.127. The minimum atomic E-state index is 0.204. The maximum Gasteiger partial charge on any atom is 0.222 e. The third kappa shape index (κ3) is 3.01. The summed E-state index contributed by atoms with van der Waals surface area (Å²) in [7, 11) is 1.86. The molecule has 0 bridgehead atoms. The fourth-order valence-corrected chi connectivity index (χ4v) is 1.51. The van der Waals surface area contributed by atoms with Gasteiger partial charge in [0.15, 0.2) is 0 Å². The largest absolute Gasteiger partial charge is 0.356 e. The van der Waals surface area contributed by atoms with Crippen molar-refractivity contribution >= 4 is 11.8 Å². The average Bonchev–Trinajstić information content (AvgIpc) is 2.73. The molecule has 2 heterocycles. The predicted octanol–water partition coefficient (Wildman–Crippen LogP) is 0.523. The Labute approximate surface area is 84.7 Å². The summed E-state index contributed by atoms with van der Waals surface area (Å²) in [6, 6.07) is 0.475. The summed E-state index contributed by atoms with van der Waals surface area (Å²) in [5.41, 5.74) is 0. The highest BCUT2D eigenvalue weighted by atomic mass is 16.2. The van der Waals surface area contributed by atoms with Gasteiger partial charge in [-0.15, -0.1) is 0 Å². The molecule has 2 rings (SSSR count). The van der Waals surface area contributed by atoms with Crippen LogP contribution in [0.15, 0.2) is 0 Å². The van der Waals surface area contributed by atoms with E-state index in [1.165, 1.54) is 0 Å². The van der Waals surface area contributed by atoms with E-state index in [4.69, 9.17) is 0 Å². The Bertz CT molecular complexity index is 220. The Hall–Kier alpha value is -1.06. The first kappa shape index (κ1) is 11.0. The highest BCUT2D eigenvalue weighted by Gasteiger charge is 2.22. The molecular weight excluding hydrogens is 180 g/mol. The van der Waals surface area contributed by atoms with Crippen LogP contribution in [0.2, 0.25) is 0 Å². The van der Waals surface area contributed by atoms with Gasteiger partial charge in [0, 0.05) is 32.5 Å². The number of nitrogens with zero attached hydrogens (tertiary/aromatic N) is 1. The fraction of sp³-hybridized carbons (Fsp3) is 0.800. The molecule has 1 atom stereocenters. The molecule has 0 aliphatic carbocycles. The van der Waals surface area contributed by atoms with Crippen LogP contribution < -0.4 is 5.32 Å². The van der Waals surface area contributed by atoms with Gasteiger partial charge in [-0.2, -0.15) is 0 Å². The van der Waals surface area contributed by atoms with Crippen molar-refractivity contribution < 1.29 is 9.59 Å².